The van der Waals surface area contributed by atoms with Gasteiger partial charge in [0.05, 0.1) is 17.0 Å². The number of carboxylic acid groups (broad SMARTS) is 1. The number of carboxylic acids is 1. The molecule has 10 nitrogen and oxygen atoms in total. The fourth-order valence-electron chi connectivity index (χ4n) is 7.26. The van der Waals surface area contributed by atoms with Crippen molar-refractivity contribution in [3.05, 3.63) is 94.4 Å². The van der Waals surface area contributed by atoms with Crippen LogP contribution in [0.5, 0.6) is 0 Å². The van der Waals surface area contributed by atoms with E-state index in [4.69, 9.17) is 5.73 Å². The molecule has 3 unspecified atom stereocenters. The van der Waals surface area contributed by atoms with E-state index in [0.717, 1.165) is 54.7 Å². The third kappa shape index (κ3) is 6.95. The first-order valence-corrected chi connectivity index (χ1v) is 16.2. The molecule has 4 atom stereocenters. The summed E-state index contributed by atoms with van der Waals surface area (Å²) in [4.78, 5) is 50.7. The predicted molar refractivity (Wildman–Crippen MR) is 184 cm³/mol. The molecular weight excluding hydrogens is 616 g/mol. The van der Waals surface area contributed by atoms with E-state index >= 15 is 0 Å². The third-order valence-corrected chi connectivity index (χ3v) is 9.96. The fraction of sp³-hybridized carbons (Fsp3) is 0.417. The Morgan fingerprint density at radius 1 is 1.13 bits per heavy atom. The number of unbranched alkanes of at least 4 members (excludes halogenated alkanes) is 2. The summed E-state index contributed by atoms with van der Waals surface area (Å²) in [5.74, 6) is -0.290. The Bertz CT molecular complexity index is 1670. The van der Waals surface area contributed by atoms with E-state index in [1.54, 1.807) is 12.3 Å². The van der Waals surface area contributed by atoms with Gasteiger partial charge in [-0.2, -0.15) is 0 Å². The number of allylic oxidation sites excluding steroid dienone is 1. The monoisotopic (exact) mass is 658 g/mol. The maximum Gasteiger partial charge on any atom is 0.337 e. The van der Waals surface area contributed by atoms with Crippen molar-refractivity contribution in [1.82, 2.24) is 19.8 Å². The Morgan fingerprint density at radius 3 is 2.68 bits per heavy atom. The van der Waals surface area contributed by atoms with Crippen LogP contribution in [0.2, 0.25) is 0 Å². The summed E-state index contributed by atoms with van der Waals surface area (Å²) in [7, 11) is 2.10. The lowest BCUT2D eigenvalue weighted by molar-refractivity contribution is -0.138. The Hall–Kier alpha value is -4.12. The number of carbonyl (C=O) groups is 3. The Labute approximate surface area is 281 Å². The van der Waals surface area contributed by atoms with Crippen LogP contribution in [0.15, 0.2) is 60.9 Å². The number of aromatic carboxylic acids is 1. The highest BCUT2D eigenvalue weighted by molar-refractivity contribution is 6.06. The SMILES string of the molecule is CC1C(c2ccccc2)CC(N)C(=O)N1CCN(C)CCCC/C=C/c1cnc2c(c1)[C@@]1(Cc3cc(C(=O)O)cnc3C1)C(=O)N2.Cl. The average Bonchev–Trinajstić information content (AvgIpc) is 3.57. The number of fused-ring (bicyclic) bond motifs is 3. The van der Waals surface area contributed by atoms with Crippen molar-refractivity contribution in [2.75, 3.05) is 32.0 Å². The first-order valence-electron chi connectivity index (χ1n) is 16.2. The van der Waals surface area contributed by atoms with Gasteiger partial charge in [0.2, 0.25) is 11.8 Å². The maximum atomic E-state index is 13.2. The molecule has 0 saturated carbocycles. The number of nitrogens with zero attached hydrogens (tertiary/aromatic N) is 4. The van der Waals surface area contributed by atoms with Gasteiger partial charge in [0.1, 0.15) is 5.82 Å². The van der Waals surface area contributed by atoms with Gasteiger partial charge in [-0.15, -0.1) is 12.4 Å². The van der Waals surface area contributed by atoms with Crippen LogP contribution in [0.1, 0.15) is 76.8 Å². The molecule has 1 saturated heterocycles. The summed E-state index contributed by atoms with van der Waals surface area (Å²) in [6, 6.07) is 13.7. The predicted octanol–water partition coefficient (Wildman–Crippen LogP) is 4.43. The minimum absolute atomic E-state index is 0. The number of anilines is 1. The molecular formula is C36H43ClN6O4. The van der Waals surface area contributed by atoms with Crippen LogP contribution in [-0.4, -0.2) is 81.4 Å². The number of aromatic nitrogens is 2. The molecule has 1 spiro atoms. The summed E-state index contributed by atoms with van der Waals surface area (Å²) in [5, 5.41) is 12.3. The molecule has 3 aromatic rings. The highest BCUT2D eigenvalue weighted by Gasteiger charge is 2.52. The quantitative estimate of drug-likeness (QED) is 0.257. The summed E-state index contributed by atoms with van der Waals surface area (Å²) in [6.07, 6.45) is 11.8. The highest BCUT2D eigenvalue weighted by Crippen LogP contribution is 2.46. The van der Waals surface area contributed by atoms with Crippen molar-refractivity contribution in [3.8, 4) is 0 Å². The summed E-state index contributed by atoms with van der Waals surface area (Å²) >= 11 is 0. The molecule has 248 valence electrons. The number of rotatable bonds is 11. The van der Waals surface area contributed by atoms with Crippen molar-refractivity contribution < 1.29 is 19.5 Å². The zero-order chi connectivity index (χ0) is 32.4. The smallest absolute Gasteiger partial charge is 0.337 e. The number of nitrogens with two attached hydrogens (primary N) is 1. The second-order valence-corrected chi connectivity index (χ2v) is 13.0. The molecule has 1 aromatic carbocycles. The first-order chi connectivity index (χ1) is 22.2. The second-order valence-electron chi connectivity index (χ2n) is 13.0. The number of hydrogen-bond donors (Lipinski definition) is 3. The lowest BCUT2D eigenvalue weighted by atomic mass is 9.79. The van der Waals surface area contributed by atoms with E-state index in [0.29, 0.717) is 31.6 Å². The molecule has 4 heterocycles. The standard InChI is InChI=1S/C36H42N6O4.ClH/c1-23-28(25-11-7-5-8-12-25)18-30(37)33(43)42(23)15-14-41(2)13-9-4-3-6-10-24-16-29-32(39-21-24)40-35(46)36(29)19-26-17-27(34(44)45)22-38-31(26)20-36;/h5-8,10-12,16-17,21-23,28,30H,3-4,9,13-15,18-20,37H2,1-2H3,(H,44,45)(H,39,40,46);1H/b10-6+;/t23?,28?,30?,36-;/m0./s1. The zero-order valence-corrected chi connectivity index (χ0v) is 27.7. The van der Waals surface area contributed by atoms with Gasteiger partial charge in [0.15, 0.2) is 0 Å². The number of nitrogens with one attached hydrogen (secondary N) is 1. The summed E-state index contributed by atoms with van der Waals surface area (Å²) in [5.41, 5.74) is 10.2. The molecule has 2 aromatic heterocycles. The van der Waals surface area contributed by atoms with Gasteiger partial charge in [0.25, 0.3) is 0 Å². The van der Waals surface area contributed by atoms with Crippen molar-refractivity contribution in [3.63, 3.8) is 0 Å². The molecule has 1 fully saturated rings. The van der Waals surface area contributed by atoms with Gasteiger partial charge in [-0.1, -0.05) is 42.5 Å². The zero-order valence-electron chi connectivity index (χ0n) is 26.9. The molecule has 6 rings (SSSR count). The van der Waals surface area contributed by atoms with Crippen LogP contribution in [0.25, 0.3) is 6.08 Å². The van der Waals surface area contributed by atoms with E-state index in [-0.39, 0.29) is 41.7 Å². The van der Waals surface area contributed by atoms with Crippen molar-refractivity contribution >= 4 is 42.1 Å². The lowest BCUT2D eigenvalue weighted by Gasteiger charge is -2.42. The normalized spacial score (nSPS) is 23.2. The topological polar surface area (TPSA) is 142 Å². The van der Waals surface area contributed by atoms with Gasteiger partial charge in [0, 0.05) is 55.1 Å². The van der Waals surface area contributed by atoms with Crippen molar-refractivity contribution in [1.29, 1.82) is 0 Å². The molecule has 1 aliphatic carbocycles. The lowest BCUT2D eigenvalue weighted by Crippen LogP contribution is -2.56. The van der Waals surface area contributed by atoms with Crippen molar-refractivity contribution in [2.24, 2.45) is 5.73 Å². The van der Waals surface area contributed by atoms with Gasteiger partial charge in [-0.05, 0) is 81.4 Å². The molecule has 4 N–H and O–H groups in total. The summed E-state index contributed by atoms with van der Waals surface area (Å²) < 4.78 is 0. The highest BCUT2D eigenvalue weighted by atomic mass is 35.5. The molecule has 11 heteroatoms. The number of halogens is 1. The molecule has 0 bridgehead atoms. The number of hydrogen-bond acceptors (Lipinski definition) is 7. The van der Waals surface area contributed by atoms with Crippen LogP contribution >= 0.6 is 12.4 Å². The minimum Gasteiger partial charge on any atom is -0.478 e. The van der Waals surface area contributed by atoms with Crippen molar-refractivity contribution in [2.45, 2.75) is 68.9 Å². The fourth-order valence-corrected chi connectivity index (χ4v) is 7.26. The van der Waals surface area contributed by atoms with Crippen LogP contribution < -0.4 is 11.1 Å². The Balaban J connectivity index is 0.00000433. The molecule has 2 aliphatic heterocycles. The number of likely N-dealkylation sites (N-methyl/N-ethyl adjacent to an activating group) is 1. The van der Waals surface area contributed by atoms with E-state index in [1.165, 1.54) is 11.8 Å². The molecule has 0 radical (unpaired) electrons. The van der Waals surface area contributed by atoms with E-state index in [2.05, 4.69) is 52.4 Å². The van der Waals surface area contributed by atoms with Gasteiger partial charge < -0.3 is 26.0 Å². The number of likely N-dealkylation sites (tertiary alicyclic amines) is 1. The number of benzene rings is 1. The first kappa shape index (κ1) is 34.2. The molecule has 47 heavy (non-hydrogen) atoms. The molecule has 2 amide bonds. The Kier molecular flexibility index (Phi) is 10.4. The van der Waals surface area contributed by atoms with E-state index in [9.17, 15) is 19.5 Å². The molecule has 3 aliphatic rings. The maximum absolute atomic E-state index is 13.2. The van der Waals surface area contributed by atoms with E-state index in [1.807, 2.05) is 35.2 Å². The van der Waals surface area contributed by atoms with Crippen LogP contribution in [0.3, 0.4) is 0 Å². The number of amides is 2. The van der Waals surface area contributed by atoms with Crippen LogP contribution in [-0.2, 0) is 27.8 Å². The van der Waals surface area contributed by atoms with Gasteiger partial charge >= 0.3 is 5.97 Å². The largest absolute Gasteiger partial charge is 0.478 e. The van der Waals surface area contributed by atoms with Gasteiger partial charge in [-0.25, -0.2) is 9.78 Å². The van der Waals surface area contributed by atoms with Gasteiger partial charge in [-0.3, -0.25) is 14.6 Å². The van der Waals surface area contributed by atoms with E-state index < -0.39 is 17.4 Å². The van der Waals surface area contributed by atoms with Crippen LogP contribution in [0, 0.1) is 0 Å². The number of piperidine rings is 1. The Morgan fingerprint density at radius 2 is 1.91 bits per heavy atom. The van der Waals surface area contributed by atoms with Crippen LogP contribution in [0.4, 0.5) is 5.82 Å². The number of carbonyl (C=O) groups excluding carboxylic acids is 2. The summed E-state index contributed by atoms with van der Waals surface area (Å²) in [6.45, 7) is 4.54. The third-order valence-electron chi connectivity index (χ3n) is 9.96. The number of pyridine rings is 2. The average molecular weight is 659 g/mol. The minimum atomic E-state index is -1.03. The second kappa shape index (κ2) is 14.3.